The number of rotatable bonds is 4. The fraction of sp³-hybridized carbons (Fsp3) is 0.533. The van der Waals surface area contributed by atoms with E-state index in [4.69, 9.17) is 10.6 Å². The predicted octanol–water partition coefficient (Wildman–Crippen LogP) is 1.83. The summed E-state index contributed by atoms with van der Waals surface area (Å²) in [7, 11) is 0. The molecule has 0 aliphatic carbocycles. The molecule has 1 aromatic rings. The molecule has 1 saturated heterocycles. The monoisotopic (exact) mass is 277 g/mol. The van der Waals surface area contributed by atoms with Crippen LogP contribution in [0.4, 0.5) is 5.69 Å². The van der Waals surface area contributed by atoms with Crippen molar-refractivity contribution < 1.29 is 9.53 Å². The number of aryl methyl sites for hydroxylation is 1. The minimum atomic E-state index is -0.0920. The molecular weight excluding hydrogens is 254 g/mol. The number of carbonyl (C=O) groups excluding carboxylic acids is 1. The van der Waals surface area contributed by atoms with Crippen LogP contribution in [-0.2, 0) is 4.74 Å². The molecule has 1 heterocycles. The second kappa shape index (κ2) is 6.24. The maximum absolute atomic E-state index is 12.3. The Hall–Kier alpha value is -1.59. The molecule has 2 rings (SSSR count). The highest BCUT2D eigenvalue weighted by molar-refractivity contribution is 5.99. The third-order valence-electron chi connectivity index (χ3n) is 3.95. The van der Waals surface area contributed by atoms with Crippen LogP contribution in [0.25, 0.3) is 0 Å². The van der Waals surface area contributed by atoms with Crippen LogP contribution >= 0.6 is 0 Å². The van der Waals surface area contributed by atoms with Gasteiger partial charge in [-0.15, -0.1) is 0 Å². The smallest absolute Gasteiger partial charge is 0.253 e. The van der Waals surface area contributed by atoms with Gasteiger partial charge < -0.3 is 15.5 Å². The summed E-state index contributed by atoms with van der Waals surface area (Å²) < 4.78 is 5.37. The second-order valence-electron chi connectivity index (χ2n) is 5.80. The Balaban J connectivity index is 2.01. The van der Waals surface area contributed by atoms with E-state index < -0.39 is 0 Å². The number of hydrogen-bond acceptors (Lipinski definition) is 4. The fourth-order valence-corrected chi connectivity index (χ4v) is 2.41. The average Bonchev–Trinajstić information content (AvgIpc) is 2.45. The molecule has 20 heavy (non-hydrogen) atoms. The average molecular weight is 277 g/mol. The van der Waals surface area contributed by atoms with Crippen LogP contribution in [0.5, 0.6) is 0 Å². The van der Waals surface area contributed by atoms with Crippen LogP contribution in [0.1, 0.15) is 35.7 Å². The molecule has 5 nitrogen and oxygen atoms in total. The van der Waals surface area contributed by atoms with Crippen LogP contribution < -0.4 is 16.6 Å². The topological polar surface area (TPSA) is 76.4 Å². The van der Waals surface area contributed by atoms with Gasteiger partial charge in [-0.25, -0.2) is 0 Å². The van der Waals surface area contributed by atoms with Crippen molar-refractivity contribution in [1.29, 1.82) is 0 Å². The first-order valence-corrected chi connectivity index (χ1v) is 6.97. The minimum absolute atomic E-state index is 0.0920. The number of nitrogen functional groups attached to an aromatic ring is 1. The van der Waals surface area contributed by atoms with Crippen LogP contribution in [0.15, 0.2) is 18.2 Å². The molecule has 0 atom stereocenters. The highest BCUT2D eigenvalue weighted by Crippen LogP contribution is 2.29. The Labute approximate surface area is 119 Å². The lowest BCUT2D eigenvalue weighted by atomic mass is 9.82. The largest absolute Gasteiger partial charge is 0.381 e. The quantitative estimate of drug-likeness (QED) is 0.579. The van der Waals surface area contributed by atoms with E-state index in [0.717, 1.165) is 31.6 Å². The van der Waals surface area contributed by atoms with Crippen molar-refractivity contribution in [1.82, 2.24) is 5.32 Å². The molecule has 1 amide bonds. The SMILES string of the molecule is Cc1ccc(C(=O)NCC2(C)CCOCC2)c(NN)c1. The standard InChI is InChI=1S/C15H23N3O2/c1-11-3-4-12(13(9-11)18-16)14(19)17-10-15(2)5-7-20-8-6-15/h3-4,9,18H,5-8,10,16H2,1-2H3,(H,17,19). The fourth-order valence-electron chi connectivity index (χ4n) is 2.41. The van der Waals surface area contributed by atoms with Crippen LogP contribution in [0.2, 0.25) is 0 Å². The van der Waals surface area contributed by atoms with Crippen molar-refractivity contribution in [2.75, 3.05) is 25.2 Å². The maximum atomic E-state index is 12.3. The lowest BCUT2D eigenvalue weighted by molar-refractivity contribution is 0.0238. The number of nitrogens with two attached hydrogens (primary N) is 1. The lowest BCUT2D eigenvalue weighted by Gasteiger charge is -2.33. The molecule has 0 radical (unpaired) electrons. The summed E-state index contributed by atoms with van der Waals surface area (Å²) in [6.07, 6.45) is 1.95. The molecule has 4 N–H and O–H groups in total. The normalized spacial score (nSPS) is 17.6. The number of nitrogens with one attached hydrogen (secondary N) is 2. The van der Waals surface area contributed by atoms with Crippen LogP contribution in [0, 0.1) is 12.3 Å². The Morgan fingerprint density at radius 2 is 2.10 bits per heavy atom. The van der Waals surface area contributed by atoms with Gasteiger partial charge in [0.05, 0.1) is 11.3 Å². The summed E-state index contributed by atoms with van der Waals surface area (Å²) >= 11 is 0. The van der Waals surface area contributed by atoms with E-state index >= 15 is 0 Å². The molecule has 0 aromatic heterocycles. The molecule has 1 fully saturated rings. The van der Waals surface area contributed by atoms with E-state index in [1.807, 2.05) is 19.1 Å². The van der Waals surface area contributed by atoms with Gasteiger partial charge in [0, 0.05) is 19.8 Å². The van der Waals surface area contributed by atoms with Crippen molar-refractivity contribution in [3.8, 4) is 0 Å². The molecule has 1 aliphatic rings. The molecule has 5 heteroatoms. The van der Waals surface area contributed by atoms with E-state index in [1.54, 1.807) is 6.07 Å². The summed E-state index contributed by atoms with van der Waals surface area (Å²) in [5, 5.41) is 3.01. The first kappa shape index (κ1) is 14.8. The Morgan fingerprint density at radius 1 is 1.40 bits per heavy atom. The molecule has 110 valence electrons. The summed E-state index contributed by atoms with van der Waals surface area (Å²) in [6.45, 7) is 6.35. The van der Waals surface area contributed by atoms with Gasteiger partial charge in [-0.2, -0.15) is 0 Å². The number of anilines is 1. The van der Waals surface area contributed by atoms with Gasteiger partial charge in [-0.1, -0.05) is 13.0 Å². The van der Waals surface area contributed by atoms with Crippen molar-refractivity contribution in [2.45, 2.75) is 26.7 Å². The van der Waals surface area contributed by atoms with Crippen LogP contribution in [-0.4, -0.2) is 25.7 Å². The molecule has 1 aromatic carbocycles. The molecule has 0 unspecified atom stereocenters. The van der Waals surface area contributed by atoms with Gasteiger partial charge in [0.2, 0.25) is 0 Å². The van der Waals surface area contributed by atoms with Gasteiger partial charge >= 0.3 is 0 Å². The lowest BCUT2D eigenvalue weighted by Crippen LogP contribution is -2.39. The Morgan fingerprint density at radius 3 is 2.75 bits per heavy atom. The summed E-state index contributed by atoms with van der Waals surface area (Å²) in [6, 6.07) is 5.57. The zero-order chi connectivity index (χ0) is 14.6. The number of ether oxygens (including phenoxy) is 1. The predicted molar refractivity (Wildman–Crippen MR) is 79.5 cm³/mol. The Bertz CT molecular complexity index is 482. The number of carbonyl (C=O) groups is 1. The molecule has 1 aliphatic heterocycles. The third kappa shape index (κ3) is 3.49. The van der Waals surface area contributed by atoms with E-state index in [0.29, 0.717) is 17.8 Å². The zero-order valence-corrected chi connectivity index (χ0v) is 12.2. The van der Waals surface area contributed by atoms with Crippen molar-refractivity contribution in [2.24, 2.45) is 11.3 Å². The summed E-state index contributed by atoms with van der Waals surface area (Å²) in [5.74, 6) is 5.38. The molecule has 0 spiro atoms. The number of hydrogen-bond donors (Lipinski definition) is 3. The van der Waals surface area contributed by atoms with Gasteiger partial charge in [0.1, 0.15) is 0 Å². The highest BCUT2D eigenvalue weighted by atomic mass is 16.5. The Kier molecular flexibility index (Phi) is 4.62. The number of hydrazine groups is 1. The first-order valence-electron chi connectivity index (χ1n) is 6.97. The van der Waals surface area contributed by atoms with E-state index in [1.165, 1.54) is 0 Å². The highest BCUT2D eigenvalue weighted by Gasteiger charge is 2.28. The minimum Gasteiger partial charge on any atom is -0.381 e. The van der Waals surface area contributed by atoms with Crippen molar-refractivity contribution >= 4 is 11.6 Å². The van der Waals surface area contributed by atoms with Gasteiger partial charge in [-0.3, -0.25) is 10.6 Å². The summed E-state index contributed by atoms with van der Waals surface area (Å²) in [5.41, 5.74) is 4.99. The number of benzene rings is 1. The number of amides is 1. The summed E-state index contributed by atoms with van der Waals surface area (Å²) in [4.78, 5) is 12.3. The van der Waals surface area contributed by atoms with Gasteiger partial charge in [0.15, 0.2) is 0 Å². The maximum Gasteiger partial charge on any atom is 0.253 e. The zero-order valence-electron chi connectivity index (χ0n) is 12.2. The van der Waals surface area contributed by atoms with Crippen molar-refractivity contribution in [3.05, 3.63) is 29.3 Å². The third-order valence-corrected chi connectivity index (χ3v) is 3.95. The molecular formula is C15H23N3O2. The molecule has 0 bridgehead atoms. The van der Waals surface area contributed by atoms with Crippen LogP contribution in [0.3, 0.4) is 0 Å². The molecule has 0 saturated carbocycles. The first-order chi connectivity index (χ1) is 9.54. The van der Waals surface area contributed by atoms with Gasteiger partial charge in [-0.05, 0) is 42.9 Å². The van der Waals surface area contributed by atoms with E-state index in [2.05, 4.69) is 17.7 Å². The van der Waals surface area contributed by atoms with E-state index in [-0.39, 0.29) is 11.3 Å². The second-order valence-corrected chi connectivity index (χ2v) is 5.80. The van der Waals surface area contributed by atoms with E-state index in [9.17, 15) is 4.79 Å². The van der Waals surface area contributed by atoms with Gasteiger partial charge in [0.25, 0.3) is 5.91 Å². The van der Waals surface area contributed by atoms with Crippen molar-refractivity contribution in [3.63, 3.8) is 0 Å².